The lowest BCUT2D eigenvalue weighted by atomic mass is 10.2. The van der Waals surface area contributed by atoms with Gasteiger partial charge in [-0.15, -0.1) is 0 Å². The fourth-order valence-corrected chi connectivity index (χ4v) is 4.11. The molecule has 1 saturated heterocycles. The van der Waals surface area contributed by atoms with Crippen molar-refractivity contribution in [1.82, 2.24) is 0 Å². The van der Waals surface area contributed by atoms with Crippen molar-refractivity contribution in [1.29, 1.82) is 0 Å². The highest BCUT2D eigenvalue weighted by Crippen LogP contribution is 2.38. The Morgan fingerprint density at radius 1 is 1.15 bits per heavy atom. The van der Waals surface area contributed by atoms with Crippen molar-refractivity contribution in [2.24, 2.45) is 0 Å². The first kappa shape index (κ1) is 20.0. The molecule has 140 valence electrons. The lowest BCUT2D eigenvalue weighted by Crippen LogP contribution is -2.27. The zero-order valence-electron chi connectivity index (χ0n) is 14.5. The van der Waals surface area contributed by atoms with E-state index in [0.29, 0.717) is 43.1 Å². The summed E-state index contributed by atoms with van der Waals surface area (Å²) in [7, 11) is 1.57. The molecule has 0 spiro atoms. The summed E-state index contributed by atoms with van der Waals surface area (Å²) in [5, 5.41) is 0.784. The van der Waals surface area contributed by atoms with E-state index in [4.69, 9.17) is 44.9 Å². The number of halogens is 2. The normalized spacial score (nSPS) is 15.6. The Morgan fingerprint density at radius 2 is 1.93 bits per heavy atom. The summed E-state index contributed by atoms with van der Waals surface area (Å²) >= 11 is 18.6. The van der Waals surface area contributed by atoms with Crippen LogP contribution in [-0.2, 0) is 4.79 Å². The molecule has 0 aromatic heterocycles. The summed E-state index contributed by atoms with van der Waals surface area (Å²) < 4.78 is 11.3. The van der Waals surface area contributed by atoms with Crippen LogP contribution in [0, 0.1) is 0 Å². The largest absolute Gasteiger partial charge is 0.493 e. The van der Waals surface area contributed by atoms with Crippen LogP contribution in [0.25, 0.3) is 6.08 Å². The number of benzene rings is 2. The van der Waals surface area contributed by atoms with E-state index in [0.717, 1.165) is 5.56 Å². The zero-order chi connectivity index (χ0) is 19.6. The summed E-state index contributed by atoms with van der Waals surface area (Å²) in [6.07, 6.45) is 1.77. The van der Waals surface area contributed by atoms with Crippen LogP contribution in [0.1, 0.15) is 12.5 Å². The molecule has 27 heavy (non-hydrogen) atoms. The van der Waals surface area contributed by atoms with Crippen molar-refractivity contribution in [3.63, 3.8) is 0 Å². The number of thioether (sulfide) groups is 1. The number of carbonyl (C=O) groups is 1. The van der Waals surface area contributed by atoms with Gasteiger partial charge in [-0.1, -0.05) is 53.2 Å². The van der Waals surface area contributed by atoms with Crippen LogP contribution in [-0.4, -0.2) is 23.9 Å². The maximum Gasteiger partial charge on any atom is 0.270 e. The number of methoxy groups -OCH3 is 1. The van der Waals surface area contributed by atoms with E-state index < -0.39 is 0 Å². The van der Waals surface area contributed by atoms with E-state index in [1.165, 1.54) is 16.7 Å². The second kappa shape index (κ2) is 8.52. The van der Waals surface area contributed by atoms with Gasteiger partial charge in [-0.25, -0.2) is 0 Å². The number of ether oxygens (including phenoxy) is 2. The Balaban J connectivity index is 1.91. The van der Waals surface area contributed by atoms with Gasteiger partial charge in [0, 0.05) is 0 Å². The SMILES string of the molecule is CCOc1ccc(/C=C2\SC(=S)N(c3ccc(Cl)c(Cl)c3)C2=O)cc1OC. The molecule has 0 atom stereocenters. The fraction of sp³-hybridized carbons (Fsp3) is 0.158. The van der Waals surface area contributed by atoms with Gasteiger partial charge in [0.2, 0.25) is 0 Å². The molecule has 0 N–H and O–H groups in total. The summed E-state index contributed by atoms with van der Waals surface area (Å²) in [6.45, 7) is 2.44. The number of amides is 1. The topological polar surface area (TPSA) is 38.8 Å². The molecule has 1 fully saturated rings. The zero-order valence-corrected chi connectivity index (χ0v) is 17.6. The van der Waals surface area contributed by atoms with E-state index in [2.05, 4.69) is 0 Å². The van der Waals surface area contributed by atoms with Crippen LogP contribution in [0.5, 0.6) is 11.5 Å². The van der Waals surface area contributed by atoms with Gasteiger partial charge in [0.1, 0.15) is 0 Å². The van der Waals surface area contributed by atoms with Gasteiger partial charge < -0.3 is 9.47 Å². The highest BCUT2D eigenvalue weighted by atomic mass is 35.5. The number of hydrogen-bond donors (Lipinski definition) is 0. The van der Waals surface area contributed by atoms with Crippen LogP contribution >= 0.6 is 47.2 Å². The van der Waals surface area contributed by atoms with Crippen LogP contribution in [0.4, 0.5) is 5.69 Å². The molecule has 3 rings (SSSR count). The number of nitrogens with zero attached hydrogens (tertiary/aromatic N) is 1. The molecule has 1 aliphatic rings. The second-order valence-electron chi connectivity index (χ2n) is 5.46. The third kappa shape index (κ3) is 4.24. The number of thiocarbonyl (C=S) groups is 1. The van der Waals surface area contributed by atoms with Gasteiger partial charge in [0.05, 0.1) is 34.4 Å². The first-order chi connectivity index (χ1) is 12.9. The Kier molecular flexibility index (Phi) is 6.32. The number of carbonyl (C=O) groups excluding carboxylic acids is 1. The highest BCUT2D eigenvalue weighted by molar-refractivity contribution is 8.27. The Morgan fingerprint density at radius 3 is 2.59 bits per heavy atom. The van der Waals surface area contributed by atoms with E-state index >= 15 is 0 Å². The summed E-state index contributed by atoms with van der Waals surface area (Å²) in [5.41, 5.74) is 1.39. The quantitative estimate of drug-likeness (QED) is 0.434. The van der Waals surface area contributed by atoms with Crippen molar-refractivity contribution in [2.45, 2.75) is 6.92 Å². The minimum Gasteiger partial charge on any atom is -0.493 e. The molecule has 0 saturated carbocycles. The molecule has 0 radical (unpaired) electrons. The lowest BCUT2D eigenvalue weighted by Gasteiger charge is -2.15. The van der Waals surface area contributed by atoms with Crippen molar-refractivity contribution < 1.29 is 14.3 Å². The highest BCUT2D eigenvalue weighted by Gasteiger charge is 2.33. The first-order valence-corrected chi connectivity index (χ1v) is 9.96. The molecule has 4 nitrogen and oxygen atoms in total. The molecule has 0 bridgehead atoms. The van der Waals surface area contributed by atoms with E-state index in [9.17, 15) is 4.79 Å². The van der Waals surface area contributed by atoms with E-state index in [1.54, 1.807) is 31.4 Å². The Bertz CT molecular complexity index is 947. The van der Waals surface area contributed by atoms with Crippen molar-refractivity contribution in [3.8, 4) is 11.5 Å². The van der Waals surface area contributed by atoms with Crippen LogP contribution < -0.4 is 14.4 Å². The predicted molar refractivity (Wildman–Crippen MR) is 116 cm³/mol. The third-order valence-corrected chi connectivity index (χ3v) is 5.78. The summed E-state index contributed by atoms with van der Waals surface area (Å²) in [4.78, 5) is 14.8. The smallest absolute Gasteiger partial charge is 0.270 e. The maximum atomic E-state index is 12.9. The molecule has 1 heterocycles. The number of hydrogen-bond acceptors (Lipinski definition) is 5. The van der Waals surface area contributed by atoms with Gasteiger partial charge in [-0.2, -0.15) is 0 Å². The van der Waals surface area contributed by atoms with Gasteiger partial charge in [-0.3, -0.25) is 9.69 Å². The molecule has 0 unspecified atom stereocenters. The van der Waals surface area contributed by atoms with Crippen LogP contribution in [0.3, 0.4) is 0 Å². The first-order valence-electron chi connectivity index (χ1n) is 7.98. The Hall–Kier alpha value is -1.73. The van der Waals surface area contributed by atoms with Gasteiger partial charge in [-0.05, 0) is 48.9 Å². The molecule has 1 aliphatic heterocycles. The number of rotatable bonds is 5. The lowest BCUT2D eigenvalue weighted by molar-refractivity contribution is -0.113. The molecule has 1 amide bonds. The van der Waals surface area contributed by atoms with Crippen molar-refractivity contribution >= 4 is 69.2 Å². The maximum absolute atomic E-state index is 12.9. The average Bonchev–Trinajstić information content (AvgIpc) is 2.92. The monoisotopic (exact) mass is 439 g/mol. The third-order valence-electron chi connectivity index (χ3n) is 3.74. The molecule has 2 aromatic carbocycles. The van der Waals surface area contributed by atoms with Crippen LogP contribution in [0.2, 0.25) is 10.0 Å². The molecular formula is C19H15Cl2NO3S2. The van der Waals surface area contributed by atoms with E-state index in [1.807, 2.05) is 25.1 Å². The van der Waals surface area contributed by atoms with Crippen LogP contribution in [0.15, 0.2) is 41.3 Å². The van der Waals surface area contributed by atoms with E-state index in [-0.39, 0.29) is 5.91 Å². The fourth-order valence-electron chi connectivity index (χ4n) is 2.51. The summed E-state index contributed by atoms with van der Waals surface area (Å²) in [6, 6.07) is 10.5. The molecular weight excluding hydrogens is 425 g/mol. The standard InChI is InChI=1S/C19H15Cl2NO3S2/c1-3-25-15-7-4-11(8-16(15)24-2)9-17-18(23)22(19(26)27-17)12-5-6-13(20)14(21)10-12/h4-10H,3H2,1-2H3/b17-9-. The minimum atomic E-state index is -0.212. The van der Waals surface area contributed by atoms with Gasteiger partial charge in [0.15, 0.2) is 15.8 Å². The van der Waals surface area contributed by atoms with Crippen molar-refractivity contribution in [3.05, 3.63) is 56.9 Å². The number of anilines is 1. The second-order valence-corrected chi connectivity index (χ2v) is 7.95. The predicted octanol–water partition coefficient (Wildman–Crippen LogP) is 5.81. The van der Waals surface area contributed by atoms with Gasteiger partial charge >= 0.3 is 0 Å². The Labute approximate surface area is 177 Å². The van der Waals surface area contributed by atoms with Gasteiger partial charge in [0.25, 0.3) is 5.91 Å². The summed E-state index contributed by atoms with van der Waals surface area (Å²) in [5.74, 6) is 1.04. The molecule has 2 aromatic rings. The average molecular weight is 440 g/mol. The molecule has 0 aliphatic carbocycles. The minimum absolute atomic E-state index is 0.212. The molecule has 8 heteroatoms. The van der Waals surface area contributed by atoms with Crippen molar-refractivity contribution in [2.75, 3.05) is 18.6 Å².